The Morgan fingerprint density at radius 2 is 1.91 bits per heavy atom. The Bertz CT molecular complexity index is 620. The fourth-order valence-corrected chi connectivity index (χ4v) is 2.13. The van der Waals surface area contributed by atoms with E-state index >= 15 is 0 Å². The molecule has 0 saturated heterocycles. The van der Waals surface area contributed by atoms with Crippen LogP contribution >= 0.6 is 0 Å². The van der Waals surface area contributed by atoms with E-state index in [0.29, 0.717) is 17.0 Å². The maximum atomic E-state index is 12.5. The number of hydrogen-bond acceptors (Lipinski definition) is 3. The fourth-order valence-electron chi connectivity index (χ4n) is 2.13. The molecule has 5 nitrogen and oxygen atoms in total. The van der Waals surface area contributed by atoms with Gasteiger partial charge in [0.1, 0.15) is 12.6 Å². The highest BCUT2D eigenvalue weighted by atomic mass is 19.4. The molecule has 1 N–H and O–H groups in total. The van der Waals surface area contributed by atoms with Crippen LogP contribution in [0.5, 0.6) is 0 Å². The highest BCUT2D eigenvalue weighted by Crippen LogP contribution is 2.22. The van der Waals surface area contributed by atoms with E-state index in [0.717, 1.165) is 4.68 Å². The maximum absolute atomic E-state index is 12.5. The van der Waals surface area contributed by atoms with Crippen molar-refractivity contribution in [3.05, 3.63) is 17.0 Å². The molecule has 0 aliphatic rings. The van der Waals surface area contributed by atoms with Crippen molar-refractivity contribution >= 4 is 5.91 Å². The van der Waals surface area contributed by atoms with Gasteiger partial charge in [-0.1, -0.05) is 20.8 Å². The molecule has 1 amide bonds. The molecular formula is C15H21F3N4O. The van der Waals surface area contributed by atoms with E-state index in [-0.39, 0.29) is 6.42 Å². The summed E-state index contributed by atoms with van der Waals surface area (Å²) in [5.41, 5.74) is 0.706. The van der Waals surface area contributed by atoms with E-state index in [1.807, 2.05) is 26.8 Å². The first-order valence-corrected chi connectivity index (χ1v) is 7.13. The lowest BCUT2D eigenvalue weighted by atomic mass is 9.87. The van der Waals surface area contributed by atoms with Crippen LogP contribution in [0.25, 0.3) is 0 Å². The molecule has 1 rings (SSSR count). The van der Waals surface area contributed by atoms with Gasteiger partial charge in [0.15, 0.2) is 0 Å². The SMILES string of the molecule is Cc1nn(CC(F)(F)F)c(C)c1CC(=O)NC(C#N)C(C)(C)C. The predicted molar refractivity (Wildman–Crippen MR) is 78.5 cm³/mol. The first-order chi connectivity index (χ1) is 10.3. The molecule has 23 heavy (non-hydrogen) atoms. The first kappa shape index (κ1) is 19.0. The van der Waals surface area contributed by atoms with Gasteiger partial charge in [-0.3, -0.25) is 9.48 Å². The van der Waals surface area contributed by atoms with Crippen LogP contribution < -0.4 is 5.32 Å². The summed E-state index contributed by atoms with van der Waals surface area (Å²) in [6, 6.07) is 1.34. The van der Waals surface area contributed by atoms with Gasteiger partial charge in [0.05, 0.1) is 18.2 Å². The minimum Gasteiger partial charge on any atom is -0.340 e. The van der Waals surface area contributed by atoms with Crippen LogP contribution in [0.1, 0.15) is 37.7 Å². The molecule has 1 unspecified atom stereocenters. The molecule has 1 aromatic rings. The Morgan fingerprint density at radius 3 is 2.35 bits per heavy atom. The highest BCUT2D eigenvalue weighted by molar-refractivity contribution is 5.79. The third kappa shape index (κ3) is 5.27. The van der Waals surface area contributed by atoms with Crippen molar-refractivity contribution in [1.82, 2.24) is 15.1 Å². The molecule has 0 fully saturated rings. The number of nitriles is 1. The van der Waals surface area contributed by atoms with E-state index in [1.165, 1.54) is 6.92 Å². The van der Waals surface area contributed by atoms with Crippen LogP contribution in [0, 0.1) is 30.6 Å². The van der Waals surface area contributed by atoms with Crippen molar-refractivity contribution in [1.29, 1.82) is 5.26 Å². The molecule has 0 aliphatic heterocycles. The molecule has 0 bridgehead atoms. The molecule has 1 aromatic heterocycles. The number of hydrogen-bond donors (Lipinski definition) is 1. The summed E-state index contributed by atoms with van der Waals surface area (Å²) in [4.78, 5) is 12.1. The van der Waals surface area contributed by atoms with Gasteiger partial charge >= 0.3 is 6.18 Å². The predicted octanol–water partition coefficient (Wildman–Crippen LogP) is 2.66. The van der Waals surface area contributed by atoms with E-state index in [4.69, 9.17) is 5.26 Å². The van der Waals surface area contributed by atoms with Crippen molar-refractivity contribution in [2.45, 2.75) is 59.8 Å². The second-order valence-corrected chi connectivity index (χ2v) is 6.59. The summed E-state index contributed by atoms with van der Waals surface area (Å²) in [6.07, 6.45) is -4.48. The Kier molecular flexibility index (Phi) is 5.46. The van der Waals surface area contributed by atoms with Crippen molar-refractivity contribution in [2.24, 2.45) is 5.41 Å². The summed E-state index contributed by atoms with van der Waals surface area (Å²) in [7, 11) is 0. The first-order valence-electron chi connectivity index (χ1n) is 7.13. The summed E-state index contributed by atoms with van der Waals surface area (Å²) in [5.74, 6) is -0.413. The molecule has 128 valence electrons. The number of aryl methyl sites for hydroxylation is 1. The van der Waals surface area contributed by atoms with Gasteiger partial charge in [0, 0.05) is 11.3 Å². The normalized spacial score (nSPS) is 13.5. The zero-order valence-electron chi connectivity index (χ0n) is 13.9. The number of aromatic nitrogens is 2. The van der Waals surface area contributed by atoms with Crippen molar-refractivity contribution in [3.63, 3.8) is 0 Å². The number of nitrogens with zero attached hydrogens (tertiary/aromatic N) is 3. The van der Waals surface area contributed by atoms with Gasteiger partial charge in [-0.05, 0) is 19.3 Å². The molecule has 8 heteroatoms. The molecule has 1 atom stereocenters. The average molecular weight is 330 g/mol. The number of rotatable bonds is 4. The summed E-state index contributed by atoms with van der Waals surface area (Å²) < 4.78 is 38.3. The number of carbonyl (C=O) groups is 1. The smallest absolute Gasteiger partial charge is 0.340 e. The molecule has 0 saturated carbocycles. The van der Waals surface area contributed by atoms with Gasteiger partial charge < -0.3 is 5.32 Å². The third-order valence-electron chi connectivity index (χ3n) is 3.50. The summed E-state index contributed by atoms with van der Waals surface area (Å²) >= 11 is 0. The average Bonchev–Trinajstić information content (AvgIpc) is 2.60. The quantitative estimate of drug-likeness (QED) is 0.922. The second-order valence-electron chi connectivity index (χ2n) is 6.59. The van der Waals surface area contributed by atoms with Gasteiger partial charge in [-0.25, -0.2) is 0 Å². The van der Waals surface area contributed by atoms with E-state index in [9.17, 15) is 18.0 Å². The van der Waals surface area contributed by atoms with Crippen LogP contribution in [0.4, 0.5) is 13.2 Å². The van der Waals surface area contributed by atoms with Crippen LogP contribution in [-0.2, 0) is 17.8 Å². The van der Waals surface area contributed by atoms with Crippen LogP contribution in [0.2, 0.25) is 0 Å². The second kappa shape index (κ2) is 6.60. The van der Waals surface area contributed by atoms with Crippen LogP contribution in [-0.4, -0.2) is 27.9 Å². The zero-order chi connectivity index (χ0) is 18.0. The monoisotopic (exact) mass is 330 g/mol. The van der Waals surface area contributed by atoms with Gasteiger partial charge in [0.25, 0.3) is 0 Å². The van der Waals surface area contributed by atoms with Crippen molar-refractivity contribution in [2.75, 3.05) is 0 Å². The number of nitrogens with one attached hydrogen (secondary N) is 1. The molecular weight excluding hydrogens is 309 g/mol. The Hall–Kier alpha value is -2.04. The molecule has 1 heterocycles. The molecule has 0 aliphatic carbocycles. The summed E-state index contributed by atoms with van der Waals surface area (Å²) in [6.45, 7) is 7.33. The largest absolute Gasteiger partial charge is 0.408 e. The Balaban J connectivity index is 2.90. The fraction of sp³-hybridized carbons (Fsp3) is 0.667. The van der Waals surface area contributed by atoms with Gasteiger partial charge in [-0.15, -0.1) is 0 Å². The third-order valence-corrected chi connectivity index (χ3v) is 3.50. The van der Waals surface area contributed by atoms with Gasteiger partial charge in [-0.2, -0.15) is 23.5 Å². The topological polar surface area (TPSA) is 70.7 Å². The Labute approximate surface area is 133 Å². The summed E-state index contributed by atoms with van der Waals surface area (Å²) in [5, 5.41) is 15.6. The lowest BCUT2D eigenvalue weighted by Gasteiger charge is -2.25. The van der Waals surface area contributed by atoms with Crippen molar-refractivity contribution in [3.8, 4) is 6.07 Å². The van der Waals surface area contributed by atoms with E-state index < -0.39 is 30.1 Å². The van der Waals surface area contributed by atoms with Crippen molar-refractivity contribution < 1.29 is 18.0 Å². The van der Waals surface area contributed by atoms with Crippen LogP contribution in [0.3, 0.4) is 0 Å². The highest BCUT2D eigenvalue weighted by Gasteiger charge is 2.31. The van der Waals surface area contributed by atoms with Gasteiger partial charge in [0.2, 0.25) is 5.91 Å². The minimum absolute atomic E-state index is 0.107. The number of halogens is 3. The lowest BCUT2D eigenvalue weighted by molar-refractivity contribution is -0.142. The van der Waals surface area contributed by atoms with Crippen LogP contribution in [0.15, 0.2) is 0 Å². The standard InChI is InChI=1S/C15H21F3N4O/c1-9-11(10(2)22(21-9)8-15(16,17)18)6-13(23)20-12(7-19)14(3,4)5/h12H,6,8H2,1-5H3,(H,20,23). The molecule has 0 radical (unpaired) electrons. The molecule has 0 aromatic carbocycles. The van der Waals surface area contributed by atoms with E-state index in [1.54, 1.807) is 6.92 Å². The van der Waals surface area contributed by atoms with E-state index in [2.05, 4.69) is 10.4 Å². The molecule has 0 spiro atoms. The lowest BCUT2D eigenvalue weighted by Crippen LogP contribution is -2.43. The number of carbonyl (C=O) groups excluding carboxylic acids is 1. The number of alkyl halides is 3. The maximum Gasteiger partial charge on any atom is 0.408 e. The Morgan fingerprint density at radius 1 is 1.35 bits per heavy atom. The number of amides is 1. The zero-order valence-corrected chi connectivity index (χ0v) is 13.9. The minimum atomic E-state index is -4.37.